The smallest absolute Gasteiger partial charge is 0.255 e. The minimum Gasteiger partial charge on any atom is -0.347 e. The Morgan fingerprint density at radius 3 is 2.46 bits per heavy atom. The van der Waals surface area contributed by atoms with Gasteiger partial charge in [0.05, 0.1) is 0 Å². The van der Waals surface area contributed by atoms with E-state index in [1.54, 1.807) is 42.6 Å². The first-order valence-electron chi connectivity index (χ1n) is 9.90. The van der Waals surface area contributed by atoms with Gasteiger partial charge in [0, 0.05) is 48.6 Å². The van der Waals surface area contributed by atoms with Gasteiger partial charge in [0.2, 0.25) is 5.91 Å². The summed E-state index contributed by atoms with van der Waals surface area (Å²) in [6.07, 6.45) is 4.60. The summed E-state index contributed by atoms with van der Waals surface area (Å²) in [6, 6.07) is 11.9. The molecule has 1 aromatic carbocycles. The standard InChI is InChI=1S/C22H25N3O3/c1-15-11-13-24(22(28)17-5-6-17)14-19(15)23-21(27)16-7-9-18(10-8-16)25-12-3-2-4-20(25)26/h2-4,7-10,12,15,17,19H,5-6,11,13-14H2,1H3,(H,23,27)/t15-,19+/m1/s1. The summed E-state index contributed by atoms with van der Waals surface area (Å²) in [7, 11) is 0. The van der Waals surface area contributed by atoms with Crippen molar-refractivity contribution in [3.05, 3.63) is 64.6 Å². The topological polar surface area (TPSA) is 71.4 Å². The summed E-state index contributed by atoms with van der Waals surface area (Å²) >= 11 is 0. The first-order valence-corrected chi connectivity index (χ1v) is 9.90. The highest BCUT2D eigenvalue weighted by Crippen LogP contribution is 2.32. The lowest BCUT2D eigenvalue weighted by Crippen LogP contribution is -2.53. The zero-order valence-corrected chi connectivity index (χ0v) is 16.0. The van der Waals surface area contributed by atoms with Gasteiger partial charge in [-0.3, -0.25) is 19.0 Å². The molecule has 1 saturated carbocycles. The number of carbonyl (C=O) groups is 2. The molecule has 1 aliphatic heterocycles. The van der Waals surface area contributed by atoms with Gasteiger partial charge in [0.15, 0.2) is 0 Å². The highest BCUT2D eigenvalue weighted by atomic mass is 16.2. The monoisotopic (exact) mass is 379 g/mol. The van der Waals surface area contributed by atoms with Crippen molar-refractivity contribution in [1.29, 1.82) is 0 Å². The van der Waals surface area contributed by atoms with E-state index in [4.69, 9.17) is 0 Å². The molecule has 2 amide bonds. The summed E-state index contributed by atoms with van der Waals surface area (Å²) < 4.78 is 1.53. The van der Waals surface area contributed by atoms with Crippen LogP contribution < -0.4 is 10.9 Å². The Morgan fingerprint density at radius 2 is 1.79 bits per heavy atom. The van der Waals surface area contributed by atoms with Crippen LogP contribution in [-0.4, -0.2) is 40.4 Å². The van der Waals surface area contributed by atoms with Crippen LogP contribution in [-0.2, 0) is 4.79 Å². The van der Waals surface area contributed by atoms with Gasteiger partial charge in [-0.05, 0) is 55.5 Å². The molecule has 2 aliphatic rings. The molecule has 2 heterocycles. The highest BCUT2D eigenvalue weighted by Gasteiger charge is 2.37. The molecule has 1 aliphatic carbocycles. The largest absolute Gasteiger partial charge is 0.347 e. The predicted molar refractivity (Wildman–Crippen MR) is 106 cm³/mol. The van der Waals surface area contributed by atoms with Crippen molar-refractivity contribution in [2.45, 2.75) is 32.2 Å². The maximum Gasteiger partial charge on any atom is 0.255 e. The van der Waals surface area contributed by atoms with Gasteiger partial charge in [-0.15, -0.1) is 0 Å². The van der Waals surface area contributed by atoms with Crippen molar-refractivity contribution < 1.29 is 9.59 Å². The summed E-state index contributed by atoms with van der Waals surface area (Å²) in [5.41, 5.74) is 1.15. The third-order valence-corrected chi connectivity index (χ3v) is 5.74. The minimum atomic E-state index is -0.149. The second-order valence-corrected chi connectivity index (χ2v) is 7.86. The van der Waals surface area contributed by atoms with Crippen LogP contribution in [0.1, 0.15) is 36.5 Å². The number of piperidine rings is 1. The van der Waals surface area contributed by atoms with E-state index in [9.17, 15) is 14.4 Å². The quantitative estimate of drug-likeness (QED) is 0.885. The van der Waals surface area contributed by atoms with Crippen LogP contribution in [0, 0.1) is 11.8 Å². The molecule has 2 atom stereocenters. The second-order valence-electron chi connectivity index (χ2n) is 7.86. The number of hydrogen-bond acceptors (Lipinski definition) is 3. The fourth-order valence-electron chi connectivity index (χ4n) is 3.71. The van der Waals surface area contributed by atoms with E-state index in [1.165, 1.54) is 10.6 Å². The van der Waals surface area contributed by atoms with Crippen molar-refractivity contribution in [2.24, 2.45) is 11.8 Å². The van der Waals surface area contributed by atoms with Gasteiger partial charge < -0.3 is 10.2 Å². The van der Waals surface area contributed by atoms with Crippen LogP contribution in [0.4, 0.5) is 0 Å². The van der Waals surface area contributed by atoms with Gasteiger partial charge in [0.1, 0.15) is 0 Å². The number of aromatic nitrogens is 1. The molecule has 0 unspecified atom stereocenters. The lowest BCUT2D eigenvalue weighted by atomic mass is 9.93. The molecule has 4 rings (SSSR count). The van der Waals surface area contributed by atoms with Gasteiger partial charge in [-0.2, -0.15) is 0 Å². The molecule has 146 valence electrons. The SMILES string of the molecule is C[C@@H]1CCN(C(=O)C2CC2)C[C@@H]1NC(=O)c1ccc(-n2ccccc2=O)cc1. The number of pyridine rings is 1. The predicted octanol–water partition coefficient (Wildman–Crippen LogP) is 2.21. The Labute approximate surface area is 164 Å². The summed E-state index contributed by atoms with van der Waals surface area (Å²) in [5, 5.41) is 3.10. The number of amides is 2. The molecule has 6 nitrogen and oxygen atoms in total. The van der Waals surface area contributed by atoms with Crippen molar-refractivity contribution in [3.63, 3.8) is 0 Å². The van der Waals surface area contributed by atoms with E-state index >= 15 is 0 Å². The van der Waals surface area contributed by atoms with Crippen LogP contribution >= 0.6 is 0 Å². The first kappa shape index (κ1) is 18.5. The fourth-order valence-corrected chi connectivity index (χ4v) is 3.71. The van der Waals surface area contributed by atoms with Crippen molar-refractivity contribution in [3.8, 4) is 5.69 Å². The molecular formula is C22H25N3O3. The lowest BCUT2D eigenvalue weighted by Gasteiger charge is -2.37. The average molecular weight is 379 g/mol. The first-order chi connectivity index (χ1) is 13.5. The molecule has 0 spiro atoms. The maximum atomic E-state index is 12.7. The second kappa shape index (κ2) is 7.62. The number of likely N-dealkylation sites (tertiary alicyclic amines) is 1. The minimum absolute atomic E-state index is 0.0413. The number of benzene rings is 1. The molecule has 0 bridgehead atoms. The molecule has 2 aromatic rings. The van der Waals surface area contributed by atoms with Crippen molar-refractivity contribution >= 4 is 11.8 Å². The van der Waals surface area contributed by atoms with E-state index in [2.05, 4.69) is 12.2 Å². The summed E-state index contributed by atoms with van der Waals surface area (Å²) in [4.78, 5) is 38.9. The maximum absolute atomic E-state index is 12.7. The van der Waals surface area contributed by atoms with Crippen LogP contribution in [0.15, 0.2) is 53.5 Å². The summed E-state index contributed by atoms with van der Waals surface area (Å²) in [5.74, 6) is 0.626. The Hall–Kier alpha value is -2.89. The molecule has 1 N–H and O–H groups in total. The fraction of sp³-hybridized carbons (Fsp3) is 0.409. The average Bonchev–Trinajstić information content (AvgIpc) is 3.55. The van der Waals surface area contributed by atoms with E-state index < -0.39 is 0 Å². The van der Waals surface area contributed by atoms with Gasteiger partial charge in [0.25, 0.3) is 11.5 Å². The van der Waals surface area contributed by atoms with Crippen molar-refractivity contribution in [2.75, 3.05) is 13.1 Å². The highest BCUT2D eigenvalue weighted by molar-refractivity contribution is 5.94. The van der Waals surface area contributed by atoms with Crippen LogP contribution in [0.2, 0.25) is 0 Å². The van der Waals surface area contributed by atoms with Gasteiger partial charge in [-0.25, -0.2) is 0 Å². The molecular weight excluding hydrogens is 354 g/mol. The van der Waals surface area contributed by atoms with Crippen LogP contribution in [0.5, 0.6) is 0 Å². The van der Waals surface area contributed by atoms with Crippen molar-refractivity contribution in [1.82, 2.24) is 14.8 Å². The third-order valence-electron chi connectivity index (χ3n) is 5.74. The Bertz CT molecular complexity index is 931. The number of rotatable bonds is 4. The molecule has 6 heteroatoms. The normalized spacial score (nSPS) is 22.0. The number of carbonyl (C=O) groups excluding carboxylic acids is 2. The van der Waals surface area contributed by atoms with E-state index in [0.717, 1.165) is 31.5 Å². The molecule has 0 radical (unpaired) electrons. The van der Waals surface area contributed by atoms with Gasteiger partial charge >= 0.3 is 0 Å². The molecule has 1 saturated heterocycles. The number of nitrogens with zero attached hydrogens (tertiary/aromatic N) is 2. The molecule has 28 heavy (non-hydrogen) atoms. The zero-order valence-electron chi connectivity index (χ0n) is 16.0. The Morgan fingerprint density at radius 1 is 1.04 bits per heavy atom. The number of nitrogens with one attached hydrogen (secondary N) is 1. The lowest BCUT2D eigenvalue weighted by molar-refractivity contribution is -0.134. The number of hydrogen-bond donors (Lipinski definition) is 1. The molecule has 1 aromatic heterocycles. The Balaban J connectivity index is 1.43. The van der Waals surface area contributed by atoms with E-state index in [0.29, 0.717) is 18.0 Å². The molecule has 2 fully saturated rings. The van der Waals surface area contributed by atoms with Crippen LogP contribution in [0.3, 0.4) is 0 Å². The van der Waals surface area contributed by atoms with E-state index in [1.807, 2.05) is 4.90 Å². The Kier molecular flexibility index (Phi) is 5.03. The zero-order chi connectivity index (χ0) is 19.7. The van der Waals surface area contributed by atoms with Crippen LogP contribution in [0.25, 0.3) is 5.69 Å². The van der Waals surface area contributed by atoms with E-state index in [-0.39, 0.29) is 29.3 Å². The summed E-state index contributed by atoms with van der Waals surface area (Å²) in [6.45, 7) is 3.48. The third kappa shape index (κ3) is 3.86. The van der Waals surface area contributed by atoms with Gasteiger partial charge in [-0.1, -0.05) is 13.0 Å².